The van der Waals surface area contributed by atoms with Crippen LogP contribution in [0, 0.1) is 11.7 Å². The summed E-state index contributed by atoms with van der Waals surface area (Å²) in [6, 6.07) is 11.1. The lowest BCUT2D eigenvalue weighted by atomic mass is 9.66. The molecule has 2 aliphatic rings. The topological polar surface area (TPSA) is 59.0 Å². The van der Waals surface area contributed by atoms with Crippen LogP contribution in [-0.4, -0.2) is 42.3 Å². The molecule has 1 N–H and O–H groups in total. The summed E-state index contributed by atoms with van der Waals surface area (Å²) in [5.74, 6) is 0.448. The standard InChI is InChI=1S/C24H28FNO4/c1-29-20-10-9-16(15-21(20)30-2)22-19-8-3-4-11-24(19,28)12-13-26(22)23(27)17-6-5-7-18(25)14-17/h5-7,9-10,14-15,19,22,28H,3-4,8,11-13H2,1-2H3/t19-,22-,24-/m1/s1. The van der Waals surface area contributed by atoms with E-state index in [0.29, 0.717) is 30.0 Å². The minimum Gasteiger partial charge on any atom is -0.493 e. The lowest BCUT2D eigenvalue weighted by molar-refractivity contribution is -0.115. The number of fused-ring (bicyclic) bond motifs is 1. The molecule has 0 spiro atoms. The maximum atomic E-state index is 13.8. The third-order valence-corrected chi connectivity index (χ3v) is 6.65. The van der Waals surface area contributed by atoms with Gasteiger partial charge in [-0.3, -0.25) is 4.79 Å². The fourth-order valence-corrected chi connectivity index (χ4v) is 5.15. The first-order valence-corrected chi connectivity index (χ1v) is 10.5. The summed E-state index contributed by atoms with van der Waals surface area (Å²) >= 11 is 0. The molecule has 2 aromatic carbocycles. The van der Waals surface area contributed by atoms with Crippen LogP contribution in [0.25, 0.3) is 0 Å². The SMILES string of the molecule is COc1ccc([C@@H]2[C@H]3CCCC[C@@]3(O)CCN2C(=O)c2cccc(F)c2)cc1OC. The molecule has 1 heterocycles. The number of carbonyl (C=O) groups excluding carboxylic acids is 1. The molecule has 1 saturated carbocycles. The summed E-state index contributed by atoms with van der Waals surface area (Å²) < 4.78 is 24.6. The number of aliphatic hydroxyl groups is 1. The minimum atomic E-state index is -0.797. The summed E-state index contributed by atoms with van der Waals surface area (Å²) in [6.07, 6.45) is 4.11. The smallest absolute Gasteiger partial charge is 0.254 e. The van der Waals surface area contributed by atoms with Crippen molar-refractivity contribution in [1.29, 1.82) is 0 Å². The Labute approximate surface area is 176 Å². The fourth-order valence-electron chi connectivity index (χ4n) is 5.15. The zero-order valence-electron chi connectivity index (χ0n) is 17.4. The Hall–Kier alpha value is -2.60. The number of rotatable bonds is 4. The number of benzene rings is 2. The van der Waals surface area contributed by atoms with Gasteiger partial charge >= 0.3 is 0 Å². The van der Waals surface area contributed by atoms with E-state index < -0.39 is 11.4 Å². The zero-order chi connectivity index (χ0) is 21.3. The molecule has 3 atom stereocenters. The molecule has 1 aliphatic carbocycles. The number of amides is 1. The summed E-state index contributed by atoms with van der Waals surface area (Å²) in [7, 11) is 3.16. The van der Waals surface area contributed by atoms with Crippen LogP contribution >= 0.6 is 0 Å². The number of likely N-dealkylation sites (tertiary alicyclic amines) is 1. The average Bonchev–Trinajstić information content (AvgIpc) is 2.77. The summed E-state index contributed by atoms with van der Waals surface area (Å²) in [6.45, 7) is 0.418. The molecule has 160 valence electrons. The molecule has 2 fully saturated rings. The number of nitrogens with zero attached hydrogens (tertiary/aromatic N) is 1. The molecular formula is C24H28FNO4. The second kappa shape index (κ2) is 8.26. The van der Waals surface area contributed by atoms with Gasteiger partial charge in [0.25, 0.3) is 5.91 Å². The van der Waals surface area contributed by atoms with Crippen LogP contribution in [0.1, 0.15) is 54.1 Å². The van der Waals surface area contributed by atoms with Crippen molar-refractivity contribution in [2.24, 2.45) is 5.92 Å². The molecular weight excluding hydrogens is 385 g/mol. The van der Waals surface area contributed by atoms with Crippen molar-refractivity contribution in [2.75, 3.05) is 20.8 Å². The molecule has 0 bridgehead atoms. The highest BCUT2D eigenvalue weighted by Crippen LogP contribution is 2.50. The highest BCUT2D eigenvalue weighted by atomic mass is 19.1. The predicted molar refractivity (Wildman–Crippen MR) is 111 cm³/mol. The number of hydrogen-bond donors (Lipinski definition) is 1. The van der Waals surface area contributed by atoms with Gasteiger partial charge in [0.2, 0.25) is 0 Å². The van der Waals surface area contributed by atoms with E-state index in [1.165, 1.54) is 12.1 Å². The maximum Gasteiger partial charge on any atom is 0.254 e. The van der Waals surface area contributed by atoms with Crippen LogP contribution in [0.3, 0.4) is 0 Å². The van der Waals surface area contributed by atoms with Crippen molar-refractivity contribution in [3.05, 3.63) is 59.4 Å². The fraction of sp³-hybridized carbons (Fsp3) is 0.458. The first-order chi connectivity index (χ1) is 14.5. The normalized spacial score (nSPS) is 26.1. The van der Waals surface area contributed by atoms with E-state index in [9.17, 15) is 14.3 Å². The van der Waals surface area contributed by atoms with Gasteiger partial charge in [-0.05, 0) is 55.2 Å². The third-order valence-electron chi connectivity index (χ3n) is 6.65. The minimum absolute atomic E-state index is 0.0874. The van der Waals surface area contributed by atoms with Crippen molar-refractivity contribution in [2.45, 2.75) is 43.7 Å². The Bertz CT molecular complexity index is 933. The van der Waals surface area contributed by atoms with Crippen LogP contribution < -0.4 is 9.47 Å². The Kier molecular flexibility index (Phi) is 5.69. The Morgan fingerprint density at radius 3 is 2.63 bits per heavy atom. The quantitative estimate of drug-likeness (QED) is 0.810. The van der Waals surface area contributed by atoms with Crippen LogP contribution in [0.15, 0.2) is 42.5 Å². The van der Waals surface area contributed by atoms with Gasteiger partial charge in [-0.1, -0.05) is 25.0 Å². The molecule has 4 rings (SSSR count). The van der Waals surface area contributed by atoms with Gasteiger partial charge in [0, 0.05) is 18.0 Å². The lowest BCUT2D eigenvalue weighted by Gasteiger charge is -2.52. The number of methoxy groups -OCH3 is 2. The maximum absolute atomic E-state index is 13.8. The predicted octanol–water partition coefficient (Wildman–Crippen LogP) is 4.35. The van der Waals surface area contributed by atoms with Crippen molar-refractivity contribution in [3.8, 4) is 11.5 Å². The molecule has 0 aromatic heterocycles. The number of carbonyl (C=O) groups is 1. The number of piperidine rings is 1. The molecule has 30 heavy (non-hydrogen) atoms. The molecule has 2 aromatic rings. The number of ether oxygens (including phenoxy) is 2. The van der Waals surface area contributed by atoms with Gasteiger partial charge in [0.05, 0.1) is 25.9 Å². The number of halogens is 1. The van der Waals surface area contributed by atoms with Crippen LogP contribution in [-0.2, 0) is 0 Å². The lowest BCUT2D eigenvalue weighted by Crippen LogP contribution is -2.56. The van der Waals surface area contributed by atoms with Crippen LogP contribution in [0.2, 0.25) is 0 Å². The van der Waals surface area contributed by atoms with Crippen molar-refractivity contribution in [1.82, 2.24) is 4.90 Å². The molecule has 5 nitrogen and oxygen atoms in total. The highest BCUT2D eigenvalue weighted by Gasteiger charge is 2.50. The Morgan fingerprint density at radius 1 is 1.10 bits per heavy atom. The second-order valence-corrected chi connectivity index (χ2v) is 8.27. The van der Waals surface area contributed by atoms with E-state index in [1.54, 1.807) is 31.3 Å². The van der Waals surface area contributed by atoms with E-state index in [0.717, 1.165) is 31.2 Å². The van der Waals surface area contributed by atoms with Crippen LogP contribution in [0.5, 0.6) is 11.5 Å². The zero-order valence-corrected chi connectivity index (χ0v) is 17.4. The molecule has 0 radical (unpaired) electrons. The largest absolute Gasteiger partial charge is 0.493 e. The molecule has 6 heteroatoms. The number of hydrogen-bond acceptors (Lipinski definition) is 4. The first kappa shape index (κ1) is 20.7. The van der Waals surface area contributed by atoms with Gasteiger partial charge in [-0.25, -0.2) is 4.39 Å². The molecule has 1 aliphatic heterocycles. The van der Waals surface area contributed by atoms with E-state index >= 15 is 0 Å². The van der Waals surface area contributed by atoms with Crippen molar-refractivity contribution in [3.63, 3.8) is 0 Å². The van der Waals surface area contributed by atoms with E-state index in [1.807, 2.05) is 18.2 Å². The summed E-state index contributed by atoms with van der Waals surface area (Å²) in [5.41, 5.74) is 0.415. The van der Waals surface area contributed by atoms with Crippen LogP contribution in [0.4, 0.5) is 4.39 Å². The van der Waals surface area contributed by atoms with E-state index in [2.05, 4.69) is 0 Å². The van der Waals surface area contributed by atoms with E-state index in [4.69, 9.17) is 9.47 Å². The summed E-state index contributed by atoms with van der Waals surface area (Å²) in [4.78, 5) is 15.2. The molecule has 1 amide bonds. The second-order valence-electron chi connectivity index (χ2n) is 8.27. The Morgan fingerprint density at radius 2 is 1.90 bits per heavy atom. The average molecular weight is 413 g/mol. The van der Waals surface area contributed by atoms with E-state index in [-0.39, 0.29) is 17.9 Å². The highest BCUT2D eigenvalue weighted by molar-refractivity contribution is 5.94. The molecule has 1 saturated heterocycles. The van der Waals surface area contributed by atoms with Gasteiger partial charge in [0.1, 0.15) is 5.82 Å². The van der Waals surface area contributed by atoms with Crippen molar-refractivity contribution >= 4 is 5.91 Å². The monoisotopic (exact) mass is 413 g/mol. The van der Waals surface area contributed by atoms with Crippen molar-refractivity contribution < 1.29 is 23.8 Å². The third kappa shape index (κ3) is 3.65. The van der Waals surface area contributed by atoms with Gasteiger partial charge in [-0.2, -0.15) is 0 Å². The van der Waals surface area contributed by atoms with Gasteiger partial charge in [-0.15, -0.1) is 0 Å². The van der Waals surface area contributed by atoms with Gasteiger partial charge in [0.15, 0.2) is 11.5 Å². The summed E-state index contributed by atoms with van der Waals surface area (Å²) in [5, 5.41) is 11.4. The molecule has 0 unspecified atom stereocenters. The Balaban J connectivity index is 1.78. The first-order valence-electron chi connectivity index (χ1n) is 10.5. The van der Waals surface area contributed by atoms with Gasteiger partial charge < -0.3 is 19.5 Å².